The third kappa shape index (κ3) is 3.31. The van der Waals surface area contributed by atoms with E-state index in [4.69, 9.17) is 0 Å². The van der Waals surface area contributed by atoms with Crippen LogP contribution < -0.4 is 10.9 Å². The summed E-state index contributed by atoms with van der Waals surface area (Å²) >= 11 is 0. The Bertz CT molecular complexity index is 624. The van der Waals surface area contributed by atoms with Gasteiger partial charge in [0.05, 0.1) is 0 Å². The van der Waals surface area contributed by atoms with E-state index in [1.807, 2.05) is 32.0 Å². The highest BCUT2D eigenvalue weighted by atomic mass is 16.1. The number of carbonyl (C=O) groups excluding carboxylic acids is 1. The van der Waals surface area contributed by atoms with Gasteiger partial charge >= 0.3 is 0 Å². The number of hydrogen-bond acceptors (Lipinski definition) is 2. The number of benzene rings is 1. The SMILES string of the molecule is CC(C)NC(=O)c1cccc(-c2ccc(=O)[nH]c2)c1. The maximum absolute atomic E-state index is 11.9. The van der Waals surface area contributed by atoms with Crippen molar-refractivity contribution in [3.63, 3.8) is 0 Å². The molecule has 4 heteroatoms. The molecule has 1 aromatic carbocycles. The van der Waals surface area contributed by atoms with E-state index in [-0.39, 0.29) is 17.5 Å². The number of hydrogen-bond donors (Lipinski definition) is 2. The van der Waals surface area contributed by atoms with Crippen molar-refractivity contribution in [1.29, 1.82) is 0 Å². The quantitative estimate of drug-likeness (QED) is 0.884. The Balaban J connectivity index is 2.31. The van der Waals surface area contributed by atoms with Crippen LogP contribution in [0.25, 0.3) is 11.1 Å². The fraction of sp³-hybridized carbons (Fsp3) is 0.200. The van der Waals surface area contributed by atoms with Crippen molar-refractivity contribution in [1.82, 2.24) is 10.3 Å². The van der Waals surface area contributed by atoms with Gasteiger partial charge in [-0.1, -0.05) is 12.1 Å². The van der Waals surface area contributed by atoms with E-state index >= 15 is 0 Å². The third-order valence-electron chi connectivity index (χ3n) is 2.66. The molecule has 2 N–H and O–H groups in total. The van der Waals surface area contributed by atoms with E-state index in [0.717, 1.165) is 11.1 Å². The largest absolute Gasteiger partial charge is 0.350 e. The summed E-state index contributed by atoms with van der Waals surface area (Å²) < 4.78 is 0. The summed E-state index contributed by atoms with van der Waals surface area (Å²) in [5, 5.41) is 2.85. The van der Waals surface area contributed by atoms with Crippen LogP contribution >= 0.6 is 0 Å². The van der Waals surface area contributed by atoms with Gasteiger partial charge in [0.1, 0.15) is 0 Å². The molecule has 0 radical (unpaired) electrons. The standard InChI is InChI=1S/C15H16N2O2/c1-10(2)17-15(19)12-5-3-4-11(8-12)13-6-7-14(18)16-9-13/h3-10H,1-2H3,(H,16,18)(H,17,19). The highest BCUT2D eigenvalue weighted by Gasteiger charge is 2.08. The van der Waals surface area contributed by atoms with Gasteiger partial charge in [0.15, 0.2) is 0 Å². The van der Waals surface area contributed by atoms with Crippen LogP contribution in [0.4, 0.5) is 0 Å². The molecule has 0 saturated heterocycles. The van der Waals surface area contributed by atoms with Gasteiger partial charge in [0.2, 0.25) is 5.56 Å². The molecule has 1 aromatic heterocycles. The minimum atomic E-state index is -0.141. The number of pyridine rings is 1. The molecule has 98 valence electrons. The van der Waals surface area contributed by atoms with Crippen LogP contribution in [0.1, 0.15) is 24.2 Å². The molecular weight excluding hydrogens is 240 g/mol. The first-order valence-corrected chi connectivity index (χ1v) is 6.16. The number of aromatic nitrogens is 1. The first kappa shape index (κ1) is 13.1. The summed E-state index contributed by atoms with van der Waals surface area (Å²) in [5.41, 5.74) is 2.24. The summed E-state index contributed by atoms with van der Waals surface area (Å²) in [7, 11) is 0. The fourth-order valence-electron chi connectivity index (χ4n) is 1.78. The Morgan fingerprint density at radius 2 is 1.95 bits per heavy atom. The Kier molecular flexibility index (Phi) is 3.80. The molecule has 1 amide bonds. The number of carbonyl (C=O) groups is 1. The van der Waals surface area contributed by atoms with Crippen molar-refractivity contribution in [2.45, 2.75) is 19.9 Å². The summed E-state index contributed by atoms with van der Waals surface area (Å²) in [4.78, 5) is 25.6. The second kappa shape index (κ2) is 5.52. The van der Waals surface area contributed by atoms with E-state index in [1.54, 1.807) is 18.3 Å². The molecule has 0 saturated carbocycles. The Hall–Kier alpha value is -2.36. The summed E-state index contributed by atoms with van der Waals surface area (Å²) in [6.45, 7) is 3.84. The molecule has 2 rings (SSSR count). The van der Waals surface area contributed by atoms with Gasteiger partial charge < -0.3 is 10.3 Å². The van der Waals surface area contributed by atoms with Crippen LogP contribution in [0.5, 0.6) is 0 Å². The molecule has 0 spiro atoms. The maximum atomic E-state index is 11.9. The zero-order valence-corrected chi connectivity index (χ0v) is 10.9. The highest BCUT2D eigenvalue weighted by molar-refractivity contribution is 5.95. The predicted octanol–water partition coefficient (Wildman–Crippen LogP) is 2.18. The van der Waals surface area contributed by atoms with Gasteiger partial charge in [-0.2, -0.15) is 0 Å². The van der Waals surface area contributed by atoms with Crippen LogP contribution in [-0.4, -0.2) is 16.9 Å². The maximum Gasteiger partial charge on any atom is 0.251 e. The number of rotatable bonds is 3. The molecule has 19 heavy (non-hydrogen) atoms. The molecule has 4 nitrogen and oxygen atoms in total. The molecule has 0 unspecified atom stereocenters. The van der Waals surface area contributed by atoms with E-state index in [9.17, 15) is 9.59 Å². The van der Waals surface area contributed by atoms with E-state index in [2.05, 4.69) is 10.3 Å². The second-order valence-corrected chi connectivity index (χ2v) is 4.65. The molecule has 0 atom stereocenters. The van der Waals surface area contributed by atoms with Crippen LogP contribution in [0.2, 0.25) is 0 Å². The lowest BCUT2D eigenvalue weighted by molar-refractivity contribution is 0.0943. The van der Waals surface area contributed by atoms with E-state index < -0.39 is 0 Å². The minimum Gasteiger partial charge on any atom is -0.350 e. The second-order valence-electron chi connectivity index (χ2n) is 4.65. The minimum absolute atomic E-state index is 0.0960. The van der Waals surface area contributed by atoms with Crippen LogP contribution in [0.3, 0.4) is 0 Å². The van der Waals surface area contributed by atoms with Gasteiger partial charge in [-0.15, -0.1) is 0 Å². The molecule has 1 heterocycles. The van der Waals surface area contributed by atoms with Crippen molar-refractivity contribution < 1.29 is 4.79 Å². The fourth-order valence-corrected chi connectivity index (χ4v) is 1.78. The van der Waals surface area contributed by atoms with Crippen molar-refractivity contribution in [3.05, 3.63) is 58.5 Å². The van der Waals surface area contributed by atoms with Crippen molar-refractivity contribution in [2.75, 3.05) is 0 Å². The smallest absolute Gasteiger partial charge is 0.251 e. The van der Waals surface area contributed by atoms with Crippen LogP contribution in [-0.2, 0) is 0 Å². The zero-order valence-electron chi connectivity index (χ0n) is 10.9. The molecule has 0 aliphatic heterocycles. The Morgan fingerprint density at radius 3 is 2.58 bits per heavy atom. The van der Waals surface area contributed by atoms with Gasteiger partial charge in [-0.25, -0.2) is 0 Å². The lowest BCUT2D eigenvalue weighted by Crippen LogP contribution is -2.30. The molecular formula is C15H16N2O2. The third-order valence-corrected chi connectivity index (χ3v) is 2.66. The van der Waals surface area contributed by atoms with Gasteiger partial charge in [0.25, 0.3) is 5.91 Å². The van der Waals surface area contributed by atoms with Crippen molar-refractivity contribution in [2.24, 2.45) is 0 Å². The molecule has 0 aliphatic carbocycles. The van der Waals surface area contributed by atoms with E-state index in [0.29, 0.717) is 5.56 Å². The first-order valence-electron chi connectivity index (χ1n) is 6.16. The number of nitrogens with one attached hydrogen (secondary N) is 2. The number of aromatic amines is 1. The molecule has 0 aliphatic rings. The van der Waals surface area contributed by atoms with Crippen LogP contribution in [0, 0.1) is 0 Å². The number of amides is 1. The highest BCUT2D eigenvalue weighted by Crippen LogP contribution is 2.18. The topological polar surface area (TPSA) is 62.0 Å². The van der Waals surface area contributed by atoms with Crippen LogP contribution in [0.15, 0.2) is 47.4 Å². The summed E-state index contributed by atoms with van der Waals surface area (Å²) in [5.74, 6) is -0.0960. The van der Waals surface area contributed by atoms with E-state index in [1.165, 1.54) is 6.07 Å². The summed E-state index contributed by atoms with van der Waals surface area (Å²) in [6.07, 6.45) is 1.64. The molecule has 0 bridgehead atoms. The average molecular weight is 256 g/mol. The van der Waals surface area contributed by atoms with Gasteiger partial charge in [0, 0.05) is 23.9 Å². The van der Waals surface area contributed by atoms with Gasteiger partial charge in [-0.05, 0) is 43.2 Å². The molecule has 0 fully saturated rings. The van der Waals surface area contributed by atoms with Crippen molar-refractivity contribution >= 4 is 5.91 Å². The normalized spacial score (nSPS) is 10.5. The first-order chi connectivity index (χ1) is 9.06. The monoisotopic (exact) mass is 256 g/mol. The lowest BCUT2D eigenvalue weighted by Gasteiger charge is -2.09. The summed E-state index contributed by atoms with van der Waals surface area (Å²) in [6, 6.07) is 10.6. The Morgan fingerprint density at radius 1 is 1.16 bits per heavy atom. The number of H-pyrrole nitrogens is 1. The Labute approximate surface area is 111 Å². The molecule has 2 aromatic rings. The lowest BCUT2D eigenvalue weighted by atomic mass is 10.0. The predicted molar refractivity (Wildman–Crippen MR) is 75.1 cm³/mol. The van der Waals surface area contributed by atoms with Gasteiger partial charge in [-0.3, -0.25) is 9.59 Å². The zero-order chi connectivity index (χ0) is 13.8. The average Bonchev–Trinajstić information content (AvgIpc) is 2.39. The van der Waals surface area contributed by atoms with Crippen molar-refractivity contribution in [3.8, 4) is 11.1 Å².